The van der Waals surface area contributed by atoms with Gasteiger partial charge in [0, 0.05) is 49.3 Å². The number of nitrogens with one attached hydrogen (secondary N) is 1. The van der Waals surface area contributed by atoms with Crippen LogP contribution in [-0.2, 0) is 26.8 Å². The zero-order chi connectivity index (χ0) is 30.2. The van der Waals surface area contributed by atoms with E-state index in [4.69, 9.17) is 21.1 Å². The fourth-order valence-electron chi connectivity index (χ4n) is 7.19. The molecule has 1 amide bonds. The van der Waals surface area contributed by atoms with Crippen LogP contribution in [0.5, 0.6) is 5.75 Å². The smallest absolute Gasteiger partial charge is 0.304 e. The van der Waals surface area contributed by atoms with Crippen LogP contribution in [0.3, 0.4) is 0 Å². The van der Waals surface area contributed by atoms with Crippen LogP contribution in [0.2, 0.25) is 5.02 Å². The molecular formula is C32H40ClN3O6S. The molecule has 232 valence electrons. The van der Waals surface area contributed by atoms with Crippen LogP contribution in [0, 0.1) is 11.8 Å². The van der Waals surface area contributed by atoms with Crippen molar-refractivity contribution in [3.63, 3.8) is 0 Å². The molecule has 4 aliphatic rings. The molecule has 0 saturated heterocycles. The lowest BCUT2D eigenvalue weighted by Gasteiger charge is -2.45. The summed E-state index contributed by atoms with van der Waals surface area (Å²) in [6, 6.07) is 11.3. The van der Waals surface area contributed by atoms with Gasteiger partial charge in [0.25, 0.3) is 5.91 Å². The van der Waals surface area contributed by atoms with E-state index in [0.717, 1.165) is 42.8 Å². The van der Waals surface area contributed by atoms with Crippen LogP contribution in [0.25, 0.3) is 0 Å². The number of hydrogen-bond donors (Lipinski definition) is 2. The third-order valence-corrected chi connectivity index (χ3v) is 11.4. The SMILES string of the molecule is COCCN1CC/C=C\[C@H](O)[C@@H]2CC[C@H]2CN2C[C@@]3(CCCc4cc(Cl)ccc43)COc3ccc(cc32)C(=O)NS1(=O)=O. The zero-order valence-electron chi connectivity index (χ0n) is 24.5. The lowest BCUT2D eigenvalue weighted by Crippen LogP contribution is -2.49. The molecule has 0 radical (unpaired) electrons. The Morgan fingerprint density at radius 2 is 2.07 bits per heavy atom. The monoisotopic (exact) mass is 629 g/mol. The molecule has 1 saturated carbocycles. The number of hydrogen-bond acceptors (Lipinski definition) is 7. The summed E-state index contributed by atoms with van der Waals surface area (Å²) in [4.78, 5) is 15.7. The summed E-state index contributed by atoms with van der Waals surface area (Å²) in [5, 5.41) is 11.8. The van der Waals surface area contributed by atoms with Crippen molar-refractivity contribution < 1.29 is 27.8 Å². The molecule has 1 spiro atoms. The van der Waals surface area contributed by atoms with Crippen LogP contribution in [-0.4, -0.2) is 76.3 Å². The molecule has 6 rings (SSSR count). The molecule has 11 heteroatoms. The molecule has 2 aliphatic heterocycles. The maximum Gasteiger partial charge on any atom is 0.304 e. The fraction of sp³-hybridized carbons (Fsp3) is 0.531. The van der Waals surface area contributed by atoms with E-state index in [2.05, 4.69) is 21.8 Å². The summed E-state index contributed by atoms with van der Waals surface area (Å²) in [5.74, 6) is 0.336. The van der Waals surface area contributed by atoms with Crippen molar-refractivity contribution in [1.29, 1.82) is 0 Å². The second kappa shape index (κ2) is 12.4. The quantitative estimate of drug-likeness (QED) is 0.493. The maximum absolute atomic E-state index is 13.4. The topological polar surface area (TPSA) is 108 Å². The number of benzene rings is 2. The zero-order valence-corrected chi connectivity index (χ0v) is 26.1. The van der Waals surface area contributed by atoms with Crippen molar-refractivity contribution in [2.45, 2.75) is 50.0 Å². The first kappa shape index (κ1) is 30.4. The lowest BCUT2D eigenvalue weighted by atomic mass is 9.68. The Kier molecular flexibility index (Phi) is 8.77. The number of fused-ring (bicyclic) bond motifs is 4. The average Bonchev–Trinajstić information content (AvgIpc) is 3.11. The second-order valence-corrected chi connectivity index (χ2v) is 14.4. The summed E-state index contributed by atoms with van der Waals surface area (Å²) in [5.41, 5.74) is 3.22. The van der Waals surface area contributed by atoms with Gasteiger partial charge in [-0.1, -0.05) is 29.8 Å². The third-order valence-electron chi connectivity index (χ3n) is 9.65. The van der Waals surface area contributed by atoms with Crippen LogP contribution in [0.4, 0.5) is 5.69 Å². The Labute approximate surface area is 259 Å². The average molecular weight is 630 g/mol. The first-order valence-electron chi connectivity index (χ1n) is 15.2. The highest BCUT2D eigenvalue weighted by molar-refractivity contribution is 7.87. The highest BCUT2D eigenvalue weighted by Gasteiger charge is 2.44. The van der Waals surface area contributed by atoms with Crippen molar-refractivity contribution in [2.75, 3.05) is 51.4 Å². The predicted molar refractivity (Wildman–Crippen MR) is 166 cm³/mol. The molecule has 2 aromatic carbocycles. The number of carbonyl (C=O) groups is 1. The van der Waals surface area contributed by atoms with E-state index in [1.54, 1.807) is 24.3 Å². The first-order chi connectivity index (χ1) is 20.7. The number of halogens is 1. The van der Waals surface area contributed by atoms with E-state index in [1.165, 1.54) is 22.5 Å². The Hall–Kier alpha value is -2.63. The number of ether oxygens (including phenoxy) is 2. The molecule has 2 bridgehead atoms. The number of carbonyl (C=O) groups excluding carboxylic acids is 1. The summed E-state index contributed by atoms with van der Waals surface area (Å²) in [6.07, 6.45) is 8.29. The number of aliphatic hydroxyl groups is 1. The highest BCUT2D eigenvalue weighted by Crippen LogP contribution is 2.46. The number of rotatable bonds is 3. The molecule has 2 aliphatic carbocycles. The minimum atomic E-state index is -4.14. The second-order valence-electron chi connectivity index (χ2n) is 12.3. The Balaban J connectivity index is 1.40. The molecule has 0 aromatic heterocycles. The largest absolute Gasteiger partial charge is 0.490 e. The number of aliphatic hydroxyl groups excluding tert-OH is 1. The molecule has 2 aromatic rings. The number of anilines is 1. The van der Waals surface area contributed by atoms with Gasteiger partial charge in [-0.3, -0.25) is 4.79 Å². The Morgan fingerprint density at radius 3 is 2.86 bits per heavy atom. The molecule has 0 unspecified atom stereocenters. The predicted octanol–water partition coefficient (Wildman–Crippen LogP) is 4.08. The number of amides is 1. The van der Waals surface area contributed by atoms with Crippen molar-refractivity contribution in [3.05, 3.63) is 70.3 Å². The van der Waals surface area contributed by atoms with Crippen LogP contribution >= 0.6 is 11.6 Å². The van der Waals surface area contributed by atoms with Gasteiger partial charge < -0.3 is 19.5 Å². The van der Waals surface area contributed by atoms with Crippen LogP contribution in [0.15, 0.2) is 48.6 Å². The minimum absolute atomic E-state index is 0.0980. The van der Waals surface area contributed by atoms with Gasteiger partial charge >= 0.3 is 10.2 Å². The van der Waals surface area contributed by atoms with E-state index in [1.807, 2.05) is 12.1 Å². The van der Waals surface area contributed by atoms with Crippen LogP contribution in [0.1, 0.15) is 53.6 Å². The van der Waals surface area contributed by atoms with Gasteiger partial charge in [-0.15, -0.1) is 0 Å². The number of methoxy groups -OCH3 is 1. The van der Waals surface area contributed by atoms with Crippen molar-refractivity contribution in [1.82, 2.24) is 9.03 Å². The summed E-state index contributed by atoms with van der Waals surface area (Å²) in [7, 11) is -2.64. The minimum Gasteiger partial charge on any atom is -0.490 e. The standard InChI is InChI=1S/C32H40ClN3O6S/c1-41-16-15-36-14-3-2-6-29(37)26-10-7-24(26)19-35-20-32(13-4-5-22-17-25(33)9-11-27(22)32)21-42-30-12-8-23(18-28(30)35)31(38)34-43(36,39)40/h2,6,8-9,11-12,17-18,24,26,29,37H,3-5,7,10,13-16,19-21H2,1H3,(H,34,38)/b6-2-/t24-,26+,29-,32-/m0/s1. The Morgan fingerprint density at radius 1 is 1.21 bits per heavy atom. The lowest BCUT2D eigenvalue weighted by molar-refractivity contribution is 0.0456. The van der Waals surface area contributed by atoms with Gasteiger partial charge in [-0.2, -0.15) is 12.7 Å². The van der Waals surface area contributed by atoms with Gasteiger partial charge in [0.05, 0.1) is 25.0 Å². The summed E-state index contributed by atoms with van der Waals surface area (Å²) >= 11 is 6.39. The molecule has 4 atom stereocenters. The summed E-state index contributed by atoms with van der Waals surface area (Å²) < 4.78 is 41.7. The van der Waals surface area contributed by atoms with E-state index in [9.17, 15) is 18.3 Å². The molecule has 1 fully saturated rings. The van der Waals surface area contributed by atoms with Crippen LogP contribution < -0.4 is 14.4 Å². The highest BCUT2D eigenvalue weighted by atomic mass is 35.5. The third kappa shape index (κ3) is 6.17. The molecule has 2 N–H and O–H groups in total. The number of nitrogens with zero attached hydrogens (tertiary/aromatic N) is 2. The van der Waals surface area contributed by atoms with Crippen molar-refractivity contribution in [3.8, 4) is 5.75 Å². The van der Waals surface area contributed by atoms with Gasteiger partial charge in [0.2, 0.25) is 0 Å². The van der Waals surface area contributed by atoms with E-state index < -0.39 is 22.2 Å². The van der Waals surface area contributed by atoms with E-state index in [0.29, 0.717) is 31.9 Å². The van der Waals surface area contributed by atoms with E-state index >= 15 is 0 Å². The molecule has 2 heterocycles. The van der Waals surface area contributed by atoms with E-state index in [-0.39, 0.29) is 42.5 Å². The summed E-state index contributed by atoms with van der Waals surface area (Å²) in [6.45, 7) is 2.31. The normalized spacial score (nSPS) is 29.8. The fourth-order valence-corrected chi connectivity index (χ4v) is 8.53. The maximum atomic E-state index is 13.4. The van der Waals surface area contributed by atoms with Crippen molar-refractivity contribution in [2.24, 2.45) is 11.8 Å². The van der Waals surface area contributed by atoms with Crippen molar-refractivity contribution >= 4 is 33.4 Å². The van der Waals surface area contributed by atoms with Gasteiger partial charge in [0.15, 0.2) is 0 Å². The first-order valence-corrected chi connectivity index (χ1v) is 17.0. The van der Waals surface area contributed by atoms with Gasteiger partial charge in [0.1, 0.15) is 5.75 Å². The number of aryl methyl sites for hydroxylation is 1. The molecular weight excluding hydrogens is 590 g/mol. The van der Waals surface area contributed by atoms with Gasteiger partial charge in [-0.25, -0.2) is 4.72 Å². The van der Waals surface area contributed by atoms with Gasteiger partial charge in [-0.05, 0) is 91.8 Å². The Bertz CT molecular complexity index is 1500. The molecule has 43 heavy (non-hydrogen) atoms. The molecule has 9 nitrogen and oxygen atoms in total.